The van der Waals surface area contributed by atoms with Gasteiger partial charge in [0, 0.05) is 6.92 Å². The standard InChI is InChI=1S/C4H11N.C2H5NO/c1-2-3-4-5;1-2(3)4/h2-5H2,1H3;1H3,(H2,3,4). The first-order chi connectivity index (χ1) is 4.15. The molecular formula is C6H16N2O. The first kappa shape index (κ1) is 11.3. The molecule has 0 bridgehead atoms. The summed E-state index contributed by atoms with van der Waals surface area (Å²) < 4.78 is 0. The second-order valence-electron chi connectivity index (χ2n) is 1.75. The summed E-state index contributed by atoms with van der Waals surface area (Å²) in [6, 6.07) is 0. The van der Waals surface area contributed by atoms with Crippen LogP contribution in [0.1, 0.15) is 26.7 Å². The molecule has 0 aromatic rings. The SMILES string of the molecule is CC(N)=O.CCCCN. The summed E-state index contributed by atoms with van der Waals surface area (Å²) in [5.74, 6) is -0.333. The van der Waals surface area contributed by atoms with E-state index in [-0.39, 0.29) is 5.91 Å². The van der Waals surface area contributed by atoms with E-state index >= 15 is 0 Å². The highest BCUT2D eigenvalue weighted by molar-refractivity contribution is 5.70. The summed E-state index contributed by atoms with van der Waals surface area (Å²) in [7, 11) is 0. The van der Waals surface area contributed by atoms with E-state index in [0.29, 0.717) is 0 Å². The minimum Gasteiger partial charge on any atom is -0.370 e. The molecule has 0 saturated carbocycles. The van der Waals surface area contributed by atoms with Crippen molar-refractivity contribution in [3.05, 3.63) is 0 Å². The van der Waals surface area contributed by atoms with Gasteiger partial charge in [-0.05, 0) is 13.0 Å². The maximum absolute atomic E-state index is 9.22. The van der Waals surface area contributed by atoms with E-state index in [1.165, 1.54) is 19.8 Å². The predicted octanol–water partition coefficient (Wildman–Crippen LogP) is 0.237. The molecule has 0 aromatic carbocycles. The fourth-order valence-corrected chi connectivity index (χ4v) is 0.204. The molecule has 9 heavy (non-hydrogen) atoms. The number of hydrogen-bond donors (Lipinski definition) is 2. The van der Waals surface area contributed by atoms with Crippen LogP contribution in [0.3, 0.4) is 0 Å². The molecule has 56 valence electrons. The molecule has 0 heterocycles. The van der Waals surface area contributed by atoms with Crippen molar-refractivity contribution < 1.29 is 4.79 Å². The number of hydrogen-bond acceptors (Lipinski definition) is 2. The molecule has 4 N–H and O–H groups in total. The summed E-state index contributed by atoms with van der Waals surface area (Å²) in [4.78, 5) is 9.22. The van der Waals surface area contributed by atoms with E-state index in [0.717, 1.165) is 6.54 Å². The largest absolute Gasteiger partial charge is 0.370 e. The first-order valence-corrected chi connectivity index (χ1v) is 3.11. The number of unbranched alkanes of at least 4 members (excludes halogenated alkanes) is 1. The molecule has 0 aliphatic rings. The van der Waals surface area contributed by atoms with Crippen LogP contribution in [0.4, 0.5) is 0 Å². The lowest BCUT2D eigenvalue weighted by Gasteiger charge is -1.80. The van der Waals surface area contributed by atoms with E-state index in [1.54, 1.807) is 0 Å². The minimum absolute atomic E-state index is 0.333. The predicted molar refractivity (Wildman–Crippen MR) is 38.8 cm³/mol. The summed E-state index contributed by atoms with van der Waals surface area (Å²) >= 11 is 0. The second-order valence-corrected chi connectivity index (χ2v) is 1.75. The Bertz CT molecular complexity index is 58.1. The van der Waals surface area contributed by atoms with E-state index < -0.39 is 0 Å². The molecule has 0 atom stereocenters. The van der Waals surface area contributed by atoms with Crippen molar-refractivity contribution in [3.8, 4) is 0 Å². The van der Waals surface area contributed by atoms with Crippen molar-refractivity contribution in [1.82, 2.24) is 0 Å². The Hall–Kier alpha value is -0.570. The Morgan fingerprint density at radius 3 is 1.89 bits per heavy atom. The number of carbonyl (C=O) groups excluding carboxylic acids is 1. The fourth-order valence-electron chi connectivity index (χ4n) is 0.204. The highest BCUT2D eigenvalue weighted by atomic mass is 16.1. The van der Waals surface area contributed by atoms with Crippen LogP contribution in [-0.2, 0) is 4.79 Å². The maximum Gasteiger partial charge on any atom is 0.214 e. The van der Waals surface area contributed by atoms with Crippen LogP contribution in [0.25, 0.3) is 0 Å². The number of primary amides is 1. The van der Waals surface area contributed by atoms with Crippen LogP contribution in [0, 0.1) is 0 Å². The number of rotatable bonds is 2. The van der Waals surface area contributed by atoms with Gasteiger partial charge >= 0.3 is 0 Å². The van der Waals surface area contributed by atoms with E-state index in [1.807, 2.05) is 0 Å². The summed E-state index contributed by atoms with van der Waals surface area (Å²) in [6.07, 6.45) is 2.39. The van der Waals surface area contributed by atoms with Gasteiger partial charge in [-0.15, -0.1) is 0 Å². The monoisotopic (exact) mass is 132 g/mol. The first-order valence-electron chi connectivity index (χ1n) is 3.11. The van der Waals surface area contributed by atoms with Gasteiger partial charge in [-0.2, -0.15) is 0 Å². The highest BCUT2D eigenvalue weighted by Gasteiger charge is 1.67. The fraction of sp³-hybridized carbons (Fsp3) is 0.833. The molecule has 0 rings (SSSR count). The average molecular weight is 132 g/mol. The molecule has 3 nitrogen and oxygen atoms in total. The van der Waals surface area contributed by atoms with Crippen LogP contribution < -0.4 is 11.5 Å². The van der Waals surface area contributed by atoms with Gasteiger partial charge in [-0.3, -0.25) is 4.79 Å². The molecule has 0 unspecified atom stereocenters. The van der Waals surface area contributed by atoms with E-state index in [4.69, 9.17) is 5.73 Å². The van der Waals surface area contributed by atoms with Gasteiger partial charge < -0.3 is 11.5 Å². The van der Waals surface area contributed by atoms with Crippen LogP contribution in [0.2, 0.25) is 0 Å². The molecule has 1 amide bonds. The Kier molecular flexibility index (Phi) is 13.0. The van der Waals surface area contributed by atoms with E-state index in [9.17, 15) is 4.79 Å². The average Bonchev–Trinajstić information content (AvgIpc) is 1.66. The van der Waals surface area contributed by atoms with Crippen molar-refractivity contribution >= 4 is 5.91 Å². The van der Waals surface area contributed by atoms with E-state index in [2.05, 4.69) is 12.7 Å². The molecule has 0 saturated heterocycles. The van der Waals surface area contributed by atoms with Gasteiger partial charge in [0.25, 0.3) is 0 Å². The van der Waals surface area contributed by atoms with Crippen LogP contribution in [0.5, 0.6) is 0 Å². The Labute approximate surface area is 56.4 Å². The molecule has 0 spiro atoms. The third-order valence-electron chi connectivity index (χ3n) is 0.558. The molecular weight excluding hydrogens is 116 g/mol. The summed E-state index contributed by atoms with van der Waals surface area (Å²) in [5.41, 5.74) is 9.61. The number of amides is 1. The maximum atomic E-state index is 9.22. The molecule has 3 heteroatoms. The number of carbonyl (C=O) groups is 1. The smallest absolute Gasteiger partial charge is 0.214 e. The van der Waals surface area contributed by atoms with Gasteiger partial charge in [-0.25, -0.2) is 0 Å². The van der Waals surface area contributed by atoms with Crippen LogP contribution in [0.15, 0.2) is 0 Å². The van der Waals surface area contributed by atoms with Gasteiger partial charge in [0.2, 0.25) is 5.91 Å². The van der Waals surface area contributed by atoms with Crippen molar-refractivity contribution in [1.29, 1.82) is 0 Å². The van der Waals surface area contributed by atoms with Crippen molar-refractivity contribution in [2.24, 2.45) is 11.5 Å². The lowest BCUT2D eigenvalue weighted by Crippen LogP contribution is -2.01. The van der Waals surface area contributed by atoms with Crippen LogP contribution in [-0.4, -0.2) is 12.5 Å². The zero-order valence-corrected chi connectivity index (χ0v) is 6.18. The van der Waals surface area contributed by atoms with Crippen molar-refractivity contribution in [3.63, 3.8) is 0 Å². The lowest BCUT2D eigenvalue weighted by atomic mass is 10.3. The van der Waals surface area contributed by atoms with Gasteiger partial charge in [0.05, 0.1) is 0 Å². The zero-order valence-electron chi connectivity index (χ0n) is 6.18. The van der Waals surface area contributed by atoms with Gasteiger partial charge in [0.15, 0.2) is 0 Å². The molecule has 0 fully saturated rings. The molecule has 0 radical (unpaired) electrons. The normalized spacial score (nSPS) is 7.44. The van der Waals surface area contributed by atoms with Crippen molar-refractivity contribution in [2.45, 2.75) is 26.7 Å². The highest BCUT2D eigenvalue weighted by Crippen LogP contribution is 1.77. The third-order valence-corrected chi connectivity index (χ3v) is 0.558. The Balaban J connectivity index is 0. The van der Waals surface area contributed by atoms with Gasteiger partial charge in [0.1, 0.15) is 0 Å². The Morgan fingerprint density at radius 2 is 1.89 bits per heavy atom. The molecule has 0 aromatic heterocycles. The topological polar surface area (TPSA) is 69.1 Å². The second kappa shape index (κ2) is 10.4. The summed E-state index contributed by atoms with van der Waals surface area (Å²) in [6.45, 7) is 4.28. The zero-order chi connectivity index (χ0) is 7.70. The quantitative estimate of drug-likeness (QED) is 0.565. The lowest BCUT2D eigenvalue weighted by molar-refractivity contribution is -0.115. The third kappa shape index (κ3) is 107. The Morgan fingerprint density at radius 1 is 1.56 bits per heavy atom. The summed E-state index contributed by atoms with van der Waals surface area (Å²) in [5, 5.41) is 0. The van der Waals surface area contributed by atoms with Gasteiger partial charge in [-0.1, -0.05) is 13.3 Å². The molecule has 0 aliphatic carbocycles. The molecule has 0 aliphatic heterocycles. The number of nitrogens with two attached hydrogens (primary N) is 2. The van der Waals surface area contributed by atoms with Crippen LogP contribution >= 0.6 is 0 Å². The minimum atomic E-state index is -0.333. The van der Waals surface area contributed by atoms with Crippen molar-refractivity contribution in [2.75, 3.05) is 6.54 Å².